The molecule has 0 spiro atoms. The van der Waals surface area contributed by atoms with Gasteiger partial charge in [0.2, 0.25) is 5.88 Å². The minimum Gasteiger partial charge on any atom is -0.474 e. The Morgan fingerprint density at radius 3 is 2.83 bits per heavy atom. The van der Waals surface area contributed by atoms with Crippen molar-refractivity contribution in [2.24, 2.45) is 0 Å². The van der Waals surface area contributed by atoms with Gasteiger partial charge in [-0.15, -0.1) is 0 Å². The number of hydrogen-bond donors (Lipinski definition) is 1. The van der Waals surface area contributed by atoms with Crippen LogP contribution in [0.3, 0.4) is 0 Å². The third-order valence-electron chi connectivity index (χ3n) is 3.98. The van der Waals surface area contributed by atoms with Crippen molar-refractivity contribution in [2.45, 2.75) is 38.3 Å². The van der Waals surface area contributed by atoms with E-state index < -0.39 is 0 Å². The van der Waals surface area contributed by atoms with Crippen LogP contribution >= 0.6 is 11.6 Å². The van der Waals surface area contributed by atoms with Crippen LogP contribution in [-0.4, -0.2) is 11.1 Å². The van der Waals surface area contributed by atoms with Crippen molar-refractivity contribution in [1.29, 1.82) is 5.26 Å². The number of ether oxygens (including phenoxy) is 1. The van der Waals surface area contributed by atoms with Crippen LogP contribution in [0, 0.1) is 11.3 Å². The van der Waals surface area contributed by atoms with Gasteiger partial charge in [0.1, 0.15) is 12.2 Å². The lowest BCUT2D eigenvalue weighted by Crippen LogP contribution is -2.12. The van der Waals surface area contributed by atoms with Crippen molar-refractivity contribution in [2.75, 3.05) is 5.32 Å². The highest BCUT2D eigenvalue weighted by Crippen LogP contribution is 2.24. The summed E-state index contributed by atoms with van der Waals surface area (Å²) < 4.78 is 5.92. The first-order valence-electron chi connectivity index (χ1n) is 7.80. The van der Waals surface area contributed by atoms with Crippen molar-refractivity contribution in [3.8, 4) is 11.9 Å². The Labute approximate surface area is 141 Å². The zero-order valence-electron chi connectivity index (χ0n) is 12.8. The molecule has 1 heterocycles. The summed E-state index contributed by atoms with van der Waals surface area (Å²) in [7, 11) is 0. The predicted molar refractivity (Wildman–Crippen MR) is 90.6 cm³/mol. The fraction of sp³-hybridized carbons (Fsp3) is 0.333. The maximum atomic E-state index is 8.89. The zero-order valence-corrected chi connectivity index (χ0v) is 13.5. The smallest absolute Gasteiger partial charge is 0.213 e. The van der Waals surface area contributed by atoms with Crippen LogP contribution in [-0.2, 0) is 6.54 Å². The molecular formula is C18H18ClN3O. The molecule has 0 unspecified atom stereocenters. The molecule has 1 aliphatic rings. The van der Waals surface area contributed by atoms with Gasteiger partial charge in [0.15, 0.2) is 0 Å². The van der Waals surface area contributed by atoms with E-state index in [1.165, 1.54) is 12.8 Å². The Morgan fingerprint density at radius 1 is 1.26 bits per heavy atom. The number of rotatable bonds is 5. The molecule has 5 heteroatoms. The van der Waals surface area contributed by atoms with E-state index in [-0.39, 0.29) is 0 Å². The molecular weight excluding hydrogens is 310 g/mol. The molecule has 0 amide bonds. The second-order valence-electron chi connectivity index (χ2n) is 5.69. The Bertz CT molecular complexity index is 720. The topological polar surface area (TPSA) is 57.9 Å². The molecule has 3 rings (SSSR count). The van der Waals surface area contributed by atoms with Crippen LogP contribution < -0.4 is 10.1 Å². The number of aromatic nitrogens is 1. The quantitative estimate of drug-likeness (QED) is 0.875. The van der Waals surface area contributed by atoms with E-state index in [4.69, 9.17) is 21.6 Å². The molecule has 1 saturated carbocycles. The lowest BCUT2D eigenvalue weighted by atomic mass is 10.2. The minimum atomic E-state index is 0.308. The maximum Gasteiger partial charge on any atom is 0.213 e. The third kappa shape index (κ3) is 4.14. The molecule has 0 radical (unpaired) electrons. The second kappa shape index (κ2) is 7.34. The molecule has 0 atom stereocenters. The van der Waals surface area contributed by atoms with E-state index in [1.807, 2.05) is 18.2 Å². The molecule has 1 aromatic heterocycles. The fourth-order valence-corrected chi connectivity index (χ4v) is 2.94. The number of pyridine rings is 1. The van der Waals surface area contributed by atoms with Gasteiger partial charge in [0.05, 0.1) is 10.6 Å². The molecule has 1 aromatic carbocycles. The van der Waals surface area contributed by atoms with Gasteiger partial charge < -0.3 is 10.1 Å². The Morgan fingerprint density at radius 2 is 2.09 bits per heavy atom. The SMILES string of the molecule is N#Cc1ccc(NCc2ccnc(OC3CCCC3)c2)cc1Cl. The monoisotopic (exact) mass is 327 g/mol. The van der Waals surface area contributed by atoms with Gasteiger partial charge in [0.25, 0.3) is 0 Å². The van der Waals surface area contributed by atoms with E-state index in [9.17, 15) is 0 Å². The lowest BCUT2D eigenvalue weighted by molar-refractivity contribution is 0.201. The molecule has 0 bridgehead atoms. The van der Waals surface area contributed by atoms with Crippen LogP contribution in [0.2, 0.25) is 5.02 Å². The molecule has 2 aromatic rings. The number of halogens is 1. The van der Waals surface area contributed by atoms with Gasteiger partial charge in [-0.2, -0.15) is 5.26 Å². The lowest BCUT2D eigenvalue weighted by Gasteiger charge is -2.13. The van der Waals surface area contributed by atoms with Gasteiger partial charge >= 0.3 is 0 Å². The summed E-state index contributed by atoms with van der Waals surface area (Å²) in [5.74, 6) is 0.689. The molecule has 1 aliphatic carbocycles. The zero-order chi connectivity index (χ0) is 16.1. The summed E-state index contributed by atoms with van der Waals surface area (Å²) in [6.07, 6.45) is 6.80. The van der Waals surface area contributed by atoms with Crippen LogP contribution in [0.1, 0.15) is 36.8 Å². The molecule has 4 nitrogen and oxygen atoms in total. The average Bonchev–Trinajstić information content (AvgIpc) is 3.06. The third-order valence-corrected chi connectivity index (χ3v) is 4.29. The van der Waals surface area contributed by atoms with Crippen molar-refractivity contribution in [1.82, 2.24) is 4.98 Å². The van der Waals surface area contributed by atoms with Crippen molar-refractivity contribution in [3.63, 3.8) is 0 Å². The van der Waals surface area contributed by atoms with Crippen molar-refractivity contribution in [3.05, 3.63) is 52.7 Å². The number of nitrogens with zero attached hydrogens (tertiary/aromatic N) is 2. The van der Waals surface area contributed by atoms with Gasteiger partial charge in [-0.05, 0) is 55.5 Å². The average molecular weight is 328 g/mol. The van der Waals surface area contributed by atoms with E-state index in [2.05, 4.69) is 16.4 Å². The number of nitriles is 1. The highest BCUT2D eigenvalue weighted by Gasteiger charge is 2.16. The summed E-state index contributed by atoms with van der Waals surface area (Å²) in [6, 6.07) is 11.3. The second-order valence-corrected chi connectivity index (χ2v) is 6.09. The standard InChI is InChI=1S/C18H18ClN3O/c19-17-10-15(6-5-14(17)11-20)22-12-13-7-8-21-18(9-13)23-16-3-1-2-4-16/h5-10,16,22H,1-4,12H2. The Balaban J connectivity index is 1.61. The first-order chi connectivity index (χ1) is 11.2. The first kappa shape index (κ1) is 15.6. The Kier molecular flexibility index (Phi) is 4.99. The van der Waals surface area contributed by atoms with E-state index in [0.29, 0.717) is 29.1 Å². The van der Waals surface area contributed by atoms with Crippen LogP contribution in [0.15, 0.2) is 36.5 Å². The van der Waals surface area contributed by atoms with Gasteiger partial charge in [0, 0.05) is 24.5 Å². The predicted octanol–water partition coefficient (Wildman–Crippen LogP) is 4.54. The summed E-state index contributed by atoms with van der Waals surface area (Å²) in [5, 5.41) is 12.6. The fourth-order valence-electron chi connectivity index (χ4n) is 2.72. The molecule has 23 heavy (non-hydrogen) atoms. The van der Waals surface area contributed by atoms with Gasteiger partial charge in [-0.25, -0.2) is 4.98 Å². The molecule has 0 aliphatic heterocycles. The largest absolute Gasteiger partial charge is 0.474 e. The summed E-state index contributed by atoms with van der Waals surface area (Å²) in [4.78, 5) is 4.29. The molecule has 118 valence electrons. The number of hydrogen-bond acceptors (Lipinski definition) is 4. The normalized spacial score (nSPS) is 14.4. The van der Waals surface area contributed by atoms with Crippen LogP contribution in [0.5, 0.6) is 5.88 Å². The van der Waals surface area contributed by atoms with E-state index in [0.717, 1.165) is 24.1 Å². The number of anilines is 1. The highest BCUT2D eigenvalue weighted by atomic mass is 35.5. The summed E-state index contributed by atoms with van der Waals surface area (Å²) in [6.45, 7) is 0.645. The minimum absolute atomic E-state index is 0.308. The first-order valence-corrected chi connectivity index (χ1v) is 8.17. The Hall–Kier alpha value is -2.25. The van der Waals surface area contributed by atoms with E-state index >= 15 is 0 Å². The van der Waals surface area contributed by atoms with Crippen molar-refractivity contribution >= 4 is 17.3 Å². The maximum absolute atomic E-state index is 8.89. The van der Waals surface area contributed by atoms with Gasteiger partial charge in [-0.3, -0.25) is 0 Å². The summed E-state index contributed by atoms with van der Waals surface area (Å²) >= 11 is 6.04. The summed E-state index contributed by atoms with van der Waals surface area (Å²) in [5.41, 5.74) is 2.45. The van der Waals surface area contributed by atoms with Crippen molar-refractivity contribution < 1.29 is 4.74 Å². The molecule has 1 fully saturated rings. The number of nitrogens with one attached hydrogen (secondary N) is 1. The molecule has 1 N–H and O–H groups in total. The van der Waals surface area contributed by atoms with Gasteiger partial charge in [-0.1, -0.05) is 11.6 Å². The van der Waals surface area contributed by atoms with Crippen LogP contribution in [0.4, 0.5) is 5.69 Å². The highest BCUT2D eigenvalue weighted by molar-refractivity contribution is 6.32. The molecule has 0 saturated heterocycles. The number of benzene rings is 1. The van der Waals surface area contributed by atoms with Crippen LogP contribution in [0.25, 0.3) is 0 Å². The van der Waals surface area contributed by atoms with E-state index in [1.54, 1.807) is 18.3 Å².